The fourth-order valence-electron chi connectivity index (χ4n) is 2.64. The molecular weight excluding hydrogens is 248 g/mol. The van der Waals surface area contributed by atoms with E-state index in [-0.39, 0.29) is 0 Å². The van der Waals surface area contributed by atoms with Crippen LogP contribution in [0.3, 0.4) is 0 Å². The maximum absolute atomic E-state index is 8.48. The highest BCUT2D eigenvalue weighted by atomic mass is 16.6. The van der Waals surface area contributed by atoms with Gasteiger partial charge in [0.1, 0.15) is 0 Å². The monoisotopic (exact) mass is 280 g/mol. The molecular formula is C18H32O2. The molecule has 0 aliphatic carbocycles. The number of unbranched alkanes of at least 4 members (excludes halogenated alkanes) is 8. The van der Waals surface area contributed by atoms with E-state index in [4.69, 9.17) is 9.84 Å². The van der Waals surface area contributed by atoms with E-state index in [9.17, 15) is 0 Å². The van der Waals surface area contributed by atoms with Crippen LogP contribution in [0, 0.1) is 0 Å². The third-order valence-electron chi connectivity index (χ3n) is 3.98. The van der Waals surface area contributed by atoms with Crippen LogP contribution in [0.5, 0.6) is 0 Å². The minimum absolute atomic E-state index is 0.437. The van der Waals surface area contributed by atoms with Crippen LogP contribution in [0.4, 0.5) is 0 Å². The SMILES string of the molecule is CCCCCCCCCCC[C@@H]1O[C@@H]1C/C=C\C=C\O. The van der Waals surface area contributed by atoms with Crippen molar-refractivity contribution in [3.8, 4) is 0 Å². The third kappa shape index (κ3) is 9.19. The molecule has 1 aliphatic heterocycles. The highest BCUT2D eigenvalue weighted by Crippen LogP contribution is 2.30. The van der Waals surface area contributed by atoms with Crippen molar-refractivity contribution in [3.63, 3.8) is 0 Å². The largest absolute Gasteiger partial charge is 0.516 e. The Hall–Kier alpha value is -0.760. The Kier molecular flexibility index (Phi) is 10.4. The van der Waals surface area contributed by atoms with Gasteiger partial charge in [0.05, 0.1) is 18.5 Å². The first kappa shape index (κ1) is 17.3. The maximum Gasteiger partial charge on any atom is 0.0876 e. The minimum atomic E-state index is 0.437. The van der Waals surface area contributed by atoms with E-state index in [1.54, 1.807) is 6.08 Å². The van der Waals surface area contributed by atoms with Gasteiger partial charge in [0, 0.05) is 0 Å². The molecule has 1 aliphatic rings. The Bertz CT molecular complexity index is 271. The van der Waals surface area contributed by atoms with Crippen molar-refractivity contribution >= 4 is 0 Å². The standard InChI is InChI=1S/C18H32O2/c1-2-3-4-5-6-7-8-9-11-14-17-18(20-17)15-12-10-13-16-19/h10,12-13,16-19H,2-9,11,14-15H2,1H3/b12-10-,16-13+/t17-,18+/m0/s1. The Morgan fingerprint density at radius 3 is 2.15 bits per heavy atom. The molecule has 0 bridgehead atoms. The van der Waals surface area contributed by atoms with Gasteiger partial charge in [0.15, 0.2) is 0 Å². The predicted octanol–water partition coefficient (Wildman–Crippen LogP) is 5.69. The fraction of sp³-hybridized carbons (Fsp3) is 0.778. The van der Waals surface area contributed by atoms with Crippen molar-refractivity contribution in [3.05, 3.63) is 24.5 Å². The molecule has 0 saturated carbocycles. The van der Waals surface area contributed by atoms with Crippen LogP contribution in [0.2, 0.25) is 0 Å². The molecule has 2 nitrogen and oxygen atoms in total. The lowest BCUT2D eigenvalue weighted by Crippen LogP contribution is -1.92. The van der Waals surface area contributed by atoms with Crippen molar-refractivity contribution in [1.29, 1.82) is 0 Å². The summed E-state index contributed by atoms with van der Waals surface area (Å²) in [6.07, 6.45) is 22.3. The Morgan fingerprint density at radius 2 is 1.50 bits per heavy atom. The van der Waals surface area contributed by atoms with Crippen LogP contribution in [-0.2, 0) is 4.74 Å². The van der Waals surface area contributed by atoms with Crippen LogP contribution < -0.4 is 0 Å². The van der Waals surface area contributed by atoms with Gasteiger partial charge in [-0.3, -0.25) is 0 Å². The van der Waals surface area contributed by atoms with Crippen LogP contribution in [0.25, 0.3) is 0 Å². The lowest BCUT2D eigenvalue weighted by atomic mass is 10.0. The number of epoxide rings is 1. The number of aliphatic hydroxyl groups is 1. The quantitative estimate of drug-likeness (QED) is 0.203. The molecule has 1 saturated heterocycles. The van der Waals surface area contributed by atoms with Gasteiger partial charge in [-0.05, 0) is 18.9 Å². The molecule has 0 aromatic carbocycles. The molecule has 0 spiro atoms. The number of ether oxygens (including phenoxy) is 1. The first-order chi connectivity index (χ1) is 9.88. The summed E-state index contributed by atoms with van der Waals surface area (Å²) in [5.74, 6) is 0. The smallest absolute Gasteiger partial charge is 0.0876 e. The normalized spacial score (nSPS) is 22.1. The van der Waals surface area contributed by atoms with Crippen molar-refractivity contribution in [2.75, 3.05) is 0 Å². The number of aliphatic hydroxyl groups excluding tert-OH is 1. The molecule has 116 valence electrons. The van der Waals surface area contributed by atoms with Gasteiger partial charge in [-0.25, -0.2) is 0 Å². The summed E-state index contributed by atoms with van der Waals surface area (Å²) >= 11 is 0. The zero-order valence-corrected chi connectivity index (χ0v) is 13.1. The van der Waals surface area contributed by atoms with Gasteiger partial charge < -0.3 is 9.84 Å². The molecule has 0 amide bonds. The summed E-state index contributed by atoms with van der Waals surface area (Å²) < 4.78 is 5.63. The van der Waals surface area contributed by atoms with Crippen molar-refractivity contribution in [2.45, 2.75) is 89.8 Å². The Labute approximate surface area is 124 Å². The predicted molar refractivity (Wildman–Crippen MR) is 86.0 cm³/mol. The lowest BCUT2D eigenvalue weighted by Gasteiger charge is -2.01. The number of allylic oxidation sites excluding steroid dienone is 2. The second-order valence-corrected chi connectivity index (χ2v) is 5.84. The van der Waals surface area contributed by atoms with Gasteiger partial charge in [-0.1, -0.05) is 76.9 Å². The lowest BCUT2D eigenvalue weighted by molar-refractivity contribution is 0.358. The second-order valence-electron chi connectivity index (χ2n) is 5.84. The maximum atomic E-state index is 8.48. The molecule has 0 radical (unpaired) electrons. The van der Waals surface area contributed by atoms with E-state index in [0.717, 1.165) is 12.7 Å². The molecule has 20 heavy (non-hydrogen) atoms. The average molecular weight is 280 g/mol. The highest BCUT2D eigenvalue weighted by molar-refractivity contribution is 5.02. The number of hydrogen-bond acceptors (Lipinski definition) is 2. The molecule has 1 fully saturated rings. The van der Waals surface area contributed by atoms with Crippen molar-refractivity contribution < 1.29 is 9.84 Å². The molecule has 2 atom stereocenters. The van der Waals surface area contributed by atoms with Gasteiger partial charge in [-0.15, -0.1) is 0 Å². The molecule has 1 heterocycles. The summed E-state index contributed by atoms with van der Waals surface area (Å²) in [5, 5.41) is 8.48. The minimum Gasteiger partial charge on any atom is -0.516 e. The zero-order valence-electron chi connectivity index (χ0n) is 13.1. The van der Waals surface area contributed by atoms with Gasteiger partial charge >= 0.3 is 0 Å². The zero-order chi connectivity index (χ0) is 14.5. The highest BCUT2D eigenvalue weighted by Gasteiger charge is 2.36. The summed E-state index contributed by atoms with van der Waals surface area (Å²) in [6.45, 7) is 2.27. The summed E-state index contributed by atoms with van der Waals surface area (Å²) in [6, 6.07) is 0. The van der Waals surface area contributed by atoms with E-state index in [1.807, 2.05) is 6.08 Å². The summed E-state index contributed by atoms with van der Waals surface area (Å²) in [4.78, 5) is 0. The molecule has 1 rings (SSSR count). The number of hydrogen-bond donors (Lipinski definition) is 1. The Balaban J connectivity index is 1.79. The molecule has 0 aromatic rings. The van der Waals surface area contributed by atoms with Gasteiger partial charge in [0.2, 0.25) is 0 Å². The van der Waals surface area contributed by atoms with Crippen molar-refractivity contribution in [2.24, 2.45) is 0 Å². The van der Waals surface area contributed by atoms with Crippen LogP contribution in [-0.4, -0.2) is 17.3 Å². The molecule has 0 unspecified atom stereocenters. The molecule has 2 heteroatoms. The molecule has 0 aromatic heterocycles. The van der Waals surface area contributed by atoms with Crippen molar-refractivity contribution in [1.82, 2.24) is 0 Å². The first-order valence-corrected chi connectivity index (χ1v) is 8.49. The topological polar surface area (TPSA) is 32.8 Å². The van der Waals surface area contributed by atoms with Crippen LogP contribution >= 0.6 is 0 Å². The summed E-state index contributed by atoms with van der Waals surface area (Å²) in [5.41, 5.74) is 0. The van der Waals surface area contributed by atoms with Crippen LogP contribution in [0.1, 0.15) is 77.6 Å². The fourth-order valence-corrected chi connectivity index (χ4v) is 2.64. The summed E-state index contributed by atoms with van der Waals surface area (Å²) in [7, 11) is 0. The van der Waals surface area contributed by atoms with E-state index in [2.05, 4.69) is 13.0 Å². The van der Waals surface area contributed by atoms with E-state index in [1.165, 1.54) is 64.2 Å². The second kappa shape index (κ2) is 12.0. The van der Waals surface area contributed by atoms with E-state index in [0.29, 0.717) is 12.2 Å². The Morgan fingerprint density at radius 1 is 0.850 bits per heavy atom. The van der Waals surface area contributed by atoms with Gasteiger partial charge in [0.25, 0.3) is 0 Å². The average Bonchev–Trinajstić information content (AvgIpc) is 3.20. The van der Waals surface area contributed by atoms with E-state index >= 15 is 0 Å². The third-order valence-corrected chi connectivity index (χ3v) is 3.98. The van der Waals surface area contributed by atoms with E-state index < -0.39 is 0 Å². The first-order valence-electron chi connectivity index (χ1n) is 8.49. The molecule has 1 N–H and O–H groups in total. The van der Waals surface area contributed by atoms with Gasteiger partial charge in [-0.2, -0.15) is 0 Å². The number of rotatable bonds is 13. The van der Waals surface area contributed by atoms with Crippen LogP contribution in [0.15, 0.2) is 24.5 Å².